The van der Waals surface area contributed by atoms with Crippen LogP contribution in [0.3, 0.4) is 0 Å². The minimum atomic E-state index is -0.833. The van der Waals surface area contributed by atoms with Crippen LogP contribution in [0.15, 0.2) is 24.3 Å². The van der Waals surface area contributed by atoms with Crippen LogP contribution in [0, 0.1) is 5.41 Å². The van der Waals surface area contributed by atoms with E-state index in [1.807, 2.05) is 18.2 Å². The molecule has 0 radical (unpaired) electrons. The first-order valence-electron chi connectivity index (χ1n) is 6.44. The van der Waals surface area contributed by atoms with Crippen molar-refractivity contribution in [1.29, 1.82) is 0 Å². The molecule has 1 rings (SSSR count). The van der Waals surface area contributed by atoms with E-state index >= 15 is 0 Å². The highest BCUT2D eigenvalue weighted by molar-refractivity contribution is 5.62. The van der Waals surface area contributed by atoms with Crippen LogP contribution in [0.2, 0.25) is 0 Å². The molecule has 19 heavy (non-hydrogen) atoms. The Morgan fingerprint density at radius 3 is 1.89 bits per heavy atom. The summed E-state index contributed by atoms with van der Waals surface area (Å²) in [6.45, 7) is 12.2. The smallest absolute Gasteiger partial charge is 0.300 e. The maximum Gasteiger partial charge on any atom is 0.300 e. The number of carboxylic acid groups (broad SMARTS) is 1. The molecule has 0 aliphatic carbocycles. The molecule has 1 aromatic carbocycles. The van der Waals surface area contributed by atoms with Gasteiger partial charge in [0.25, 0.3) is 5.97 Å². The maximum atomic E-state index is 9.84. The number of benzene rings is 1. The number of carbonyl (C=O) groups is 1. The molecule has 0 bridgehead atoms. The number of phenols is 1. The summed E-state index contributed by atoms with van der Waals surface area (Å²) in [5.41, 5.74) is 1.33. The van der Waals surface area contributed by atoms with Gasteiger partial charge in [-0.25, -0.2) is 0 Å². The number of hydrogen-bond donors (Lipinski definition) is 2. The highest BCUT2D eigenvalue weighted by Crippen LogP contribution is 2.39. The number of aliphatic carboxylic acids is 1. The molecular weight excluding hydrogens is 240 g/mol. The summed E-state index contributed by atoms with van der Waals surface area (Å²) in [6, 6.07) is 7.63. The predicted molar refractivity (Wildman–Crippen MR) is 78.5 cm³/mol. The monoisotopic (exact) mass is 266 g/mol. The molecule has 0 aromatic heterocycles. The zero-order valence-electron chi connectivity index (χ0n) is 12.8. The van der Waals surface area contributed by atoms with Crippen molar-refractivity contribution in [2.24, 2.45) is 5.41 Å². The van der Waals surface area contributed by atoms with Crippen LogP contribution in [0.25, 0.3) is 0 Å². The van der Waals surface area contributed by atoms with Gasteiger partial charge in [0.1, 0.15) is 5.75 Å². The summed E-state index contributed by atoms with van der Waals surface area (Å²) in [4.78, 5) is 9.00. The third-order valence-electron chi connectivity index (χ3n) is 2.61. The Bertz CT molecular complexity index is 410. The van der Waals surface area contributed by atoms with E-state index in [9.17, 15) is 5.11 Å². The highest BCUT2D eigenvalue weighted by atomic mass is 16.4. The molecule has 0 aliphatic rings. The van der Waals surface area contributed by atoms with Crippen molar-refractivity contribution in [2.45, 2.75) is 53.4 Å². The zero-order valence-corrected chi connectivity index (χ0v) is 12.8. The molecule has 0 fully saturated rings. The van der Waals surface area contributed by atoms with E-state index in [-0.39, 0.29) is 10.8 Å². The van der Waals surface area contributed by atoms with E-state index in [1.165, 1.54) is 0 Å². The largest absolute Gasteiger partial charge is 0.508 e. The average molecular weight is 266 g/mol. The number of para-hydroxylation sites is 1. The SMILES string of the molecule is CC(=O)O.CC(C)(C)CC(C)(C)c1ccccc1O. The minimum Gasteiger partial charge on any atom is -0.508 e. The van der Waals surface area contributed by atoms with E-state index < -0.39 is 5.97 Å². The summed E-state index contributed by atoms with van der Waals surface area (Å²) in [5, 5.41) is 17.3. The second-order valence-corrected chi connectivity index (χ2v) is 6.66. The molecule has 0 aliphatic heterocycles. The molecule has 0 unspecified atom stereocenters. The maximum absolute atomic E-state index is 9.84. The fourth-order valence-corrected chi connectivity index (χ4v) is 2.47. The molecule has 0 amide bonds. The van der Waals surface area contributed by atoms with E-state index in [0.29, 0.717) is 5.75 Å². The first kappa shape index (κ1) is 17.5. The first-order valence-corrected chi connectivity index (χ1v) is 6.44. The summed E-state index contributed by atoms with van der Waals surface area (Å²) >= 11 is 0. The summed E-state index contributed by atoms with van der Waals surface area (Å²) in [6.07, 6.45) is 1.05. The van der Waals surface area contributed by atoms with Crippen molar-refractivity contribution in [3.8, 4) is 5.75 Å². The van der Waals surface area contributed by atoms with Crippen molar-refractivity contribution in [3.05, 3.63) is 29.8 Å². The van der Waals surface area contributed by atoms with Gasteiger partial charge in [0, 0.05) is 6.92 Å². The lowest BCUT2D eigenvalue weighted by atomic mass is 9.72. The summed E-state index contributed by atoms with van der Waals surface area (Å²) in [7, 11) is 0. The number of rotatable bonds is 2. The van der Waals surface area contributed by atoms with Crippen LogP contribution in [0.4, 0.5) is 0 Å². The molecule has 0 spiro atoms. The topological polar surface area (TPSA) is 57.5 Å². The molecule has 108 valence electrons. The summed E-state index contributed by atoms with van der Waals surface area (Å²) < 4.78 is 0. The minimum absolute atomic E-state index is 0.0175. The molecule has 0 saturated heterocycles. The van der Waals surface area contributed by atoms with Crippen molar-refractivity contribution < 1.29 is 15.0 Å². The van der Waals surface area contributed by atoms with E-state index in [1.54, 1.807) is 6.07 Å². The van der Waals surface area contributed by atoms with Crippen molar-refractivity contribution in [2.75, 3.05) is 0 Å². The van der Waals surface area contributed by atoms with Gasteiger partial charge in [0.2, 0.25) is 0 Å². The highest BCUT2D eigenvalue weighted by Gasteiger charge is 2.28. The van der Waals surface area contributed by atoms with E-state index in [2.05, 4.69) is 34.6 Å². The van der Waals surface area contributed by atoms with Gasteiger partial charge in [0.05, 0.1) is 0 Å². The van der Waals surface area contributed by atoms with Gasteiger partial charge < -0.3 is 10.2 Å². The Kier molecular flexibility index (Phi) is 6.07. The molecule has 0 heterocycles. The molecular formula is C16H26O3. The normalized spacial score (nSPS) is 11.5. The van der Waals surface area contributed by atoms with Crippen LogP contribution >= 0.6 is 0 Å². The van der Waals surface area contributed by atoms with Gasteiger partial charge in [-0.05, 0) is 28.9 Å². The Morgan fingerprint density at radius 2 is 1.53 bits per heavy atom. The second kappa shape index (κ2) is 6.60. The Balaban J connectivity index is 0.000000711. The molecule has 1 aromatic rings. The fraction of sp³-hybridized carbons (Fsp3) is 0.562. The molecule has 0 saturated carbocycles. The van der Waals surface area contributed by atoms with Crippen LogP contribution < -0.4 is 0 Å². The second-order valence-electron chi connectivity index (χ2n) is 6.66. The number of aromatic hydroxyl groups is 1. The average Bonchev–Trinajstić information content (AvgIpc) is 2.12. The molecule has 2 N–H and O–H groups in total. The summed E-state index contributed by atoms with van der Waals surface area (Å²) in [5.74, 6) is -0.424. The van der Waals surface area contributed by atoms with Crippen LogP contribution in [0.1, 0.15) is 53.5 Å². The van der Waals surface area contributed by atoms with Gasteiger partial charge in [-0.2, -0.15) is 0 Å². The van der Waals surface area contributed by atoms with Gasteiger partial charge in [0.15, 0.2) is 0 Å². The van der Waals surface area contributed by atoms with E-state index in [0.717, 1.165) is 18.9 Å². The van der Waals surface area contributed by atoms with Crippen LogP contribution in [0.5, 0.6) is 5.75 Å². The molecule has 3 heteroatoms. The van der Waals surface area contributed by atoms with Gasteiger partial charge in [-0.15, -0.1) is 0 Å². The quantitative estimate of drug-likeness (QED) is 0.843. The number of phenolic OH excluding ortho intramolecular Hbond substituents is 1. The zero-order chi connectivity index (χ0) is 15.3. The van der Waals surface area contributed by atoms with Gasteiger partial charge in [-0.1, -0.05) is 52.8 Å². The third-order valence-corrected chi connectivity index (χ3v) is 2.61. The first-order chi connectivity index (χ1) is 8.46. The lowest BCUT2D eigenvalue weighted by Crippen LogP contribution is -2.24. The van der Waals surface area contributed by atoms with Gasteiger partial charge >= 0.3 is 0 Å². The fourth-order valence-electron chi connectivity index (χ4n) is 2.47. The lowest BCUT2D eigenvalue weighted by molar-refractivity contribution is -0.134. The van der Waals surface area contributed by atoms with Crippen LogP contribution in [-0.2, 0) is 10.2 Å². The number of hydrogen-bond acceptors (Lipinski definition) is 2. The van der Waals surface area contributed by atoms with Crippen LogP contribution in [-0.4, -0.2) is 16.2 Å². The van der Waals surface area contributed by atoms with Crippen molar-refractivity contribution >= 4 is 5.97 Å². The predicted octanol–water partition coefficient (Wildman–Crippen LogP) is 4.20. The Morgan fingerprint density at radius 1 is 1.11 bits per heavy atom. The number of carboxylic acids is 1. The lowest BCUT2D eigenvalue weighted by Gasteiger charge is -2.33. The standard InChI is InChI=1S/C14H22O.C2H4O2/c1-13(2,3)10-14(4,5)11-8-6-7-9-12(11)15;1-2(3)4/h6-9,15H,10H2,1-5H3;1H3,(H,3,4). The Labute approximate surface area is 116 Å². The van der Waals surface area contributed by atoms with E-state index in [4.69, 9.17) is 9.90 Å². The van der Waals surface area contributed by atoms with Crippen molar-refractivity contribution in [1.82, 2.24) is 0 Å². The van der Waals surface area contributed by atoms with Crippen molar-refractivity contribution in [3.63, 3.8) is 0 Å². The molecule has 3 nitrogen and oxygen atoms in total. The van der Waals surface area contributed by atoms with Gasteiger partial charge in [-0.3, -0.25) is 4.79 Å². The Hall–Kier alpha value is -1.51. The third kappa shape index (κ3) is 7.50. The molecule has 0 atom stereocenters.